The molecular formula is C15H24N6. The molecule has 2 aromatic heterocycles. The average molecular weight is 288 g/mol. The van der Waals surface area contributed by atoms with Crippen LogP contribution in [0.1, 0.15) is 43.5 Å². The van der Waals surface area contributed by atoms with E-state index in [1.165, 1.54) is 5.56 Å². The summed E-state index contributed by atoms with van der Waals surface area (Å²) < 4.78 is 1.83. The van der Waals surface area contributed by atoms with Crippen LogP contribution in [0.4, 0.5) is 11.6 Å². The summed E-state index contributed by atoms with van der Waals surface area (Å²) in [6.07, 6.45) is 3.63. The molecule has 0 bridgehead atoms. The van der Waals surface area contributed by atoms with Gasteiger partial charge in [-0.15, -0.1) is 0 Å². The first-order chi connectivity index (χ1) is 10.0. The molecule has 0 aliphatic rings. The maximum atomic E-state index is 4.40. The third-order valence-corrected chi connectivity index (χ3v) is 3.37. The lowest BCUT2D eigenvalue weighted by atomic mass is 10.0. The average Bonchev–Trinajstić information content (AvgIpc) is 2.74. The fourth-order valence-corrected chi connectivity index (χ4v) is 2.39. The summed E-state index contributed by atoms with van der Waals surface area (Å²) in [7, 11) is 1.93. The van der Waals surface area contributed by atoms with Crippen LogP contribution in [-0.2, 0) is 13.6 Å². The summed E-state index contributed by atoms with van der Waals surface area (Å²) in [5.41, 5.74) is 3.34. The van der Waals surface area contributed by atoms with E-state index in [1.807, 2.05) is 24.9 Å². The van der Waals surface area contributed by atoms with Crippen LogP contribution < -0.4 is 10.6 Å². The molecule has 0 unspecified atom stereocenters. The number of aryl methyl sites for hydroxylation is 2. The Bertz CT molecular complexity index is 602. The standard InChI is InChI=1S/C15H24N6/c1-6-16-14-13(10(2)3)15(19-9-18-14)17-7-12-8-21(5)20-11(12)4/h8-10H,6-7H2,1-5H3,(H2,16,17,18,19). The molecule has 0 amide bonds. The summed E-state index contributed by atoms with van der Waals surface area (Å²) in [5.74, 6) is 2.14. The van der Waals surface area contributed by atoms with E-state index in [4.69, 9.17) is 0 Å². The number of nitrogens with zero attached hydrogens (tertiary/aromatic N) is 4. The van der Waals surface area contributed by atoms with Crippen molar-refractivity contribution in [3.05, 3.63) is 29.3 Å². The normalized spacial score (nSPS) is 11.0. The van der Waals surface area contributed by atoms with E-state index < -0.39 is 0 Å². The summed E-state index contributed by atoms with van der Waals surface area (Å²) in [5, 5.41) is 11.1. The maximum Gasteiger partial charge on any atom is 0.135 e. The van der Waals surface area contributed by atoms with Gasteiger partial charge in [-0.05, 0) is 19.8 Å². The van der Waals surface area contributed by atoms with Crippen molar-refractivity contribution in [2.24, 2.45) is 7.05 Å². The predicted octanol–water partition coefficient (Wildman–Crippen LogP) is 2.69. The molecule has 0 aromatic carbocycles. The summed E-state index contributed by atoms with van der Waals surface area (Å²) in [4.78, 5) is 8.75. The molecule has 0 atom stereocenters. The Morgan fingerprint density at radius 2 is 1.86 bits per heavy atom. The lowest BCUT2D eigenvalue weighted by Crippen LogP contribution is -2.11. The number of hydrogen-bond donors (Lipinski definition) is 2. The Morgan fingerprint density at radius 1 is 1.19 bits per heavy atom. The smallest absolute Gasteiger partial charge is 0.135 e. The van der Waals surface area contributed by atoms with E-state index in [-0.39, 0.29) is 0 Å². The van der Waals surface area contributed by atoms with Gasteiger partial charge in [0.25, 0.3) is 0 Å². The molecule has 0 aliphatic heterocycles. The van der Waals surface area contributed by atoms with Gasteiger partial charge in [0.05, 0.1) is 5.69 Å². The third-order valence-electron chi connectivity index (χ3n) is 3.37. The SMILES string of the molecule is CCNc1ncnc(NCc2cn(C)nc2C)c1C(C)C. The number of hydrogen-bond acceptors (Lipinski definition) is 5. The Labute approximate surface area is 126 Å². The Morgan fingerprint density at radius 3 is 2.38 bits per heavy atom. The predicted molar refractivity (Wildman–Crippen MR) is 85.6 cm³/mol. The summed E-state index contributed by atoms with van der Waals surface area (Å²) in [6.45, 7) is 9.95. The second kappa shape index (κ2) is 6.56. The number of aromatic nitrogens is 4. The van der Waals surface area contributed by atoms with E-state index in [9.17, 15) is 0 Å². The summed E-state index contributed by atoms with van der Waals surface area (Å²) >= 11 is 0. The van der Waals surface area contributed by atoms with E-state index in [0.717, 1.165) is 29.4 Å². The molecule has 21 heavy (non-hydrogen) atoms. The molecular weight excluding hydrogens is 264 g/mol. The molecule has 2 rings (SSSR count). The van der Waals surface area contributed by atoms with Crippen molar-refractivity contribution in [2.75, 3.05) is 17.2 Å². The molecule has 2 N–H and O–H groups in total. The number of anilines is 2. The Kier molecular flexibility index (Phi) is 4.77. The number of nitrogens with one attached hydrogen (secondary N) is 2. The minimum absolute atomic E-state index is 0.345. The van der Waals surface area contributed by atoms with Crippen molar-refractivity contribution >= 4 is 11.6 Å². The van der Waals surface area contributed by atoms with Crippen molar-refractivity contribution in [1.29, 1.82) is 0 Å². The minimum Gasteiger partial charge on any atom is -0.370 e. The van der Waals surface area contributed by atoms with Gasteiger partial charge in [-0.3, -0.25) is 4.68 Å². The fraction of sp³-hybridized carbons (Fsp3) is 0.533. The molecule has 0 aliphatic carbocycles. The first-order valence-electron chi connectivity index (χ1n) is 7.34. The lowest BCUT2D eigenvalue weighted by molar-refractivity contribution is 0.756. The highest BCUT2D eigenvalue weighted by molar-refractivity contribution is 5.59. The van der Waals surface area contributed by atoms with Gasteiger partial charge < -0.3 is 10.6 Å². The van der Waals surface area contributed by atoms with Crippen LogP contribution in [0.15, 0.2) is 12.5 Å². The van der Waals surface area contributed by atoms with E-state index in [0.29, 0.717) is 12.5 Å². The Hall–Kier alpha value is -2.11. The van der Waals surface area contributed by atoms with Crippen LogP contribution in [-0.4, -0.2) is 26.3 Å². The first-order valence-corrected chi connectivity index (χ1v) is 7.34. The first kappa shape index (κ1) is 15.3. The van der Waals surface area contributed by atoms with Crippen LogP contribution in [0.5, 0.6) is 0 Å². The highest BCUT2D eigenvalue weighted by Crippen LogP contribution is 2.28. The highest BCUT2D eigenvalue weighted by Gasteiger charge is 2.15. The van der Waals surface area contributed by atoms with Gasteiger partial charge in [-0.1, -0.05) is 13.8 Å². The molecule has 0 saturated carbocycles. The van der Waals surface area contributed by atoms with Crippen molar-refractivity contribution in [1.82, 2.24) is 19.7 Å². The monoisotopic (exact) mass is 288 g/mol. The van der Waals surface area contributed by atoms with Gasteiger partial charge >= 0.3 is 0 Å². The van der Waals surface area contributed by atoms with Gasteiger partial charge in [0.15, 0.2) is 0 Å². The van der Waals surface area contributed by atoms with Gasteiger partial charge in [0.1, 0.15) is 18.0 Å². The zero-order valence-corrected chi connectivity index (χ0v) is 13.4. The molecule has 6 heteroatoms. The largest absolute Gasteiger partial charge is 0.370 e. The second-order valence-electron chi connectivity index (χ2n) is 5.44. The maximum absolute atomic E-state index is 4.40. The quantitative estimate of drug-likeness (QED) is 0.855. The molecule has 2 aromatic rings. The van der Waals surface area contributed by atoms with Crippen LogP contribution in [0.3, 0.4) is 0 Å². The van der Waals surface area contributed by atoms with Crippen molar-refractivity contribution in [2.45, 2.75) is 40.2 Å². The lowest BCUT2D eigenvalue weighted by Gasteiger charge is -2.17. The molecule has 0 fully saturated rings. The fourth-order valence-electron chi connectivity index (χ4n) is 2.39. The van der Waals surface area contributed by atoms with Crippen LogP contribution in [0.25, 0.3) is 0 Å². The van der Waals surface area contributed by atoms with Gasteiger partial charge in [-0.2, -0.15) is 5.10 Å². The molecule has 6 nitrogen and oxygen atoms in total. The van der Waals surface area contributed by atoms with E-state index >= 15 is 0 Å². The molecule has 0 spiro atoms. The molecule has 0 saturated heterocycles. The van der Waals surface area contributed by atoms with E-state index in [2.05, 4.69) is 46.5 Å². The molecule has 2 heterocycles. The molecule has 0 radical (unpaired) electrons. The second-order valence-corrected chi connectivity index (χ2v) is 5.44. The zero-order chi connectivity index (χ0) is 15.4. The van der Waals surface area contributed by atoms with Crippen molar-refractivity contribution < 1.29 is 0 Å². The van der Waals surface area contributed by atoms with Crippen LogP contribution in [0.2, 0.25) is 0 Å². The van der Waals surface area contributed by atoms with E-state index in [1.54, 1.807) is 6.33 Å². The van der Waals surface area contributed by atoms with Gasteiger partial charge in [0.2, 0.25) is 0 Å². The van der Waals surface area contributed by atoms with Gasteiger partial charge in [0, 0.05) is 37.5 Å². The van der Waals surface area contributed by atoms with Crippen LogP contribution in [0, 0.1) is 6.92 Å². The Balaban J connectivity index is 2.23. The van der Waals surface area contributed by atoms with Gasteiger partial charge in [-0.25, -0.2) is 9.97 Å². The highest BCUT2D eigenvalue weighted by atomic mass is 15.3. The zero-order valence-electron chi connectivity index (χ0n) is 13.4. The summed E-state index contributed by atoms with van der Waals surface area (Å²) in [6, 6.07) is 0. The third kappa shape index (κ3) is 3.51. The molecule has 114 valence electrons. The van der Waals surface area contributed by atoms with Crippen molar-refractivity contribution in [3.63, 3.8) is 0 Å². The topological polar surface area (TPSA) is 67.7 Å². The van der Waals surface area contributed by atoms with Crippen LogP contribution >= 0.6 is 0 Å². The number of rotatable bonds is 6. The van der Waals surface area contributed by atoms with Crippen molar-refractivity contribution in [3.8, 4) is 0 Å². The minimum atomic E-state index is 0.345.